The van der Waals surface area contributed by atoms with E-state index >= 15 is 0 Å². The monoisotopic (exact) mass is 211 g/mol. The summed E-state index contributed by atoms with van der Waals surface area (Å²) in [6, 6.07) is 4.54. The molecule has 0 amide bonds. The van der Waals surface area contributed by atoms with E-state index in [0.717, 1.165) is 0 Å². The number of hydrogen-bond acceptors (Lipinski definition) is 3. The normalized spacial score (nSPS) is 25.3. The van der Waals surface area contributed by atoms with Crippen LogP contribution in [0, 0.1) is 5.82 Å². The molecule has 1 aromatic rings. The first-order valence-corrected chi connectivity index (χ1v) is 5.01. The Morgan fingerprint density at radius 1 is 1.53 bits per heavy atom. The fourth-order valence-corrected chi connectivity index (χ4v) is 1.91. The molecule has 1 aliphatic heterocycles. The van der Waals surface area contributed by atoms with Crippen molar-refractivity contribution in [3.63, 3.8) is 0 Å². The van der Waals surface area contributed by atoms with Crippen molar-refractivity contribution in [3.05, 3.63) is 29.6 Å². The predicted octanol–water partition coefficient (Wildman–Crippen LogP) is 1.14. The Labute approximate surface area is 87.7 Å². The first-order valence-electron chi connectivity index (χ1n) is 5.01. The third kappa shape index (κ3) is 1.70. The number of ether oxygens (including phenoxy) is 1. The number of halogens is 1. The van der Waals surface area contributed by atoms with Crippen LogP contribution in [0.15, 0.2) is 18.2 Å². The Bertz CT molecular complexity index is 370. The molecule has 2 rings (SSSR count). The third-order valence-electron chi connectivity index (χ3n) is 2.79. The van der Waals surface area contributed by atoms with Gasteiger partial charge in [-0.2, -0.15) is 0 Å². The fourth-order valence-electron chi connectivity index (χ4n) is 1.91. The number of nitrogens with two attached hydrogens (primary N) is 1. The maximum Gasteiger partial charge on any atom is 0.165 e. The molecule has 3 N–H and O–H groups in total. The van der Waals surface area contributed by atoms with Crippen molar-refractivity contribution in [2.75, 3.05) is 13.2 Å². The SMILES string of the molecule is NCC1(O)CCCOc2c(F)cccc21. The highest BCUT2D eigenvalue weighted by atomic mass is 19.1. The number of para-hydroxylation sites is 1. The lowest BCUT2D eigenvalue weighted by molar-refractivity contribution is 0.0372. The van der Waals surface area contributed by atoms with Gasteiger partial charge < -0.3 is 15.6 Å². The quantitative estimate of drug-likeness (QED) is 0.732. The van der Waals surface area contributed by atoms with Crippen LogP contribution in [-0.4, -0.2) is 18.3 Å². The molecule has 1 unspecified atom stereocenters. The van der Waals surface area contributed by atoms with Gasteiger partial charge in [0.15, 0.2) is 11.6 Å². The average Bonchev–Trinajstić information content (AvgIpc) is 2.41. The van der Waals surface area contributed by atoms with Crippen molar-refractivity contribution < 1.29 is 14.2 Å². The van der Waals surface area contributed by atoms with Gasteiger partial charge in [-0.15, -0.1) is 0 Å². The highest BCUT2D eigenvalue weighted by molar-refractivity contribution is 5.40. The summed E-state index contributed by atoms with van der Waals surface area (Å²) in [5, 5.41) is 10.3. The molecule has 1 aliphatic rings. The Kier molecular flexibility index (Phi) is 2.63. The van der Waals surface area contributed by atoms with E-state index in [1.807, 2.05) is 0 Å². The van der Waals surface area contributed by atoms with Crippen LogP contribution in [-0.2, 0) is 5.60 Å². The van der Waals surface area contributed by atoms with Crippen LogP contribution in [0.4, 0.5) is 4.39 Å². The molecule has 0 fully saturated rings. The summed E-state index contributed by atoms with van der Waals surface area (Å²) in [6.45, 7) is 0.489. The largest absolute Gasteiger partial charge is 0.490 e. The Balaban J connectivity index is 2.55. The van der Waals surface area contributed by atoms with Crippen molar-refractivity contribution >= 4 is 0 Å². The summed E-state index contributed by atoms with van der Waals surface area (Å²) < 4.78 is 18.7. The maximum absolute atomic E-state index is 13.5. The lowest BCUT2D eigenvalue weighted by atomic mass is 9.89. The fraction of sp³-hybridized carbons (Fsp3) is 0.455. The van der Waals surface area contributed by atoms with E-state index in [-0.39, 0.29) is 12.3 Å². The van der Waals surface area contributed by atoms with E-state index in [9.17, 15) is 9.50 Å². The number of fused-ring (bicyclic) bond motifs is 1. The van der Waals surface area contributed by atoms with E-state index in [1.165, 1.54) is 6.07 Å². The molecule has 4 heteroatoms. The topological polar surface area (TPSA) is 55.5 Å². The molecule has 0 saturated carbocycles. The second kappa shape index (κ2) is 3.79. The van der Waals surface area contributed by atoms with Crippen LogP contribution in [0.25, 0.3) is 0 Å². The van der Waals surface area contributed by atoms with Gasteiger partial charge >= 0.3 is 0 Å². The maximum atomic E-state index is 13.5. The molecular weight excluding hydrogens is 197 g/mol. The van der Waals surface area contributed by atoms with Crippen LogP contribution in [0.5, 0.6) is 5.75 Å². The molecule has 1 atom stereocenters. The molecule has 0 aromatic heterocycles. The van der Waals surface area contributed by atoms with Gasteiger partial charge in [0.2, 0.25) is 0 Å². The Hall–Kier alpha value is -1.13. The smallest absolute Gasteiger partial charge is 0.165 e. The van der Waals surface area contributed by atoms with Crippen LogP contribution in [0.3, 0.4) is 0 Å². The van der Waals surface area contributed by atoms with E-state index < -0.39 is 11.4 Å². The summed E-state index contributed by atoms with van der Waals surface area (Å²) in [6.07, 6.45) is 1.17. The van der Waals surface area contributed by atoms with Crippen molar-refractivity contribution in [2.45, 2.75) is 18.4 Å². The van der Waals surface area contributed by atoms with E-state index in [0.29, 0.717) is 25.0 Å². The van der Waals surface area contributed by atoms with Gasteiger partial charge in [0, 0.05) is 12.1 Å². The van der Waals surface area contributed by atoms with Gasteiger partial charge in [0.25, 0.3) is 0 Å². The third-order valence-corrected chi connectivity index (χ3v) is 2.79. The minimum absolute atomic E-state index is 0.0762. The van der Waals surface area contributed by atoms with Crippen molar-refractivity contribution in [3.8, 4) is 5.75 Å². The molecule has 82 valence electrons. The second-order valence-electron chi connectivity index (χ2n) is 3.80. The molecule has 0 saturated heterocycles. The molecule has 0 bridgehead atoms. The molecule has 0 spiro atoms. The molecule has 0 radical (unpaired) electrons. The lowest BCUT2D eigenvalue weighted by Crippen LogP contribution is -2.34. The molecule has 15 heavy (non-hydrogen) atoms. The van der Waals surface area contributed by atoms with Gasteiger partial charge in [-0.3, -0.25) is 0 Å². The molecular formula is C11H14FNO2. The minimum Gasteiger partial charge on any atom is -0.490 e. The number of benzene rings is 1. The van der Waals surface area contributed by atoms with Gasteiger partial charge in [0.1, 0.15) is 5.60 Å². The summed E-state index contributed by atoms with van der Waals surface area (Å²) in [5.74, 6) is -0.302. The zero-order chi connectivity index (χ0) is 10.9. The van der Waals surface area contributed by atoms with Crippen LogP contribution >= 0.6 is 0 Å². The van der Waals surface area contributed by atoms with Gasteiger partial charge in [-0.25, -0.2) is 4.39 Å². The Morgan fingerprint density at radius 3 is 3.07 bits per heavy atom. The molecule has 1 aromatic carbocycles. The van der Waals surface area contributed by atoms with Gasteiger partial charge in [-0.1, -0.05) is 12.1 Å². The van der Waals surface area contributed by atoms with Crippen molar-refractivity contribution in [1.82, 2.24) is 0 Å². The van der Waals surface area contributed by atoms with Gasteiger partial charge in [0.05, 0.1) is 6.61 Å². The summed E-state index contributed by atoms with van der Waals surface area (Å²) in [7, 11) is 0. The second-order valence-corrected chi connectivity index (χ2v) is 3.80. The molecule has 3 nitrogen and oxygen atoms in total. The van der Waals surface area contributed by atoms with Crippen LogP contribution < -0.4 is 10.5 Å². The van der Waals surface area contributed by atoms with Crippen molar-refractivity contribution in [2.24, 2.45) is 5.73 Å². The van der Waals surface area contributed by atoms with Crippen LogP contribution in [0.1, 0.15) is 18.4 Å². The molecule has 1 heterocycles. The number of rotatable bonds is 1. The summed E-state index contributed by atoms with van der Waals surface area (Å²) in [4.78, 5) is 0. The van der Waals surface area contributed by atoms with Crippen molar-refractivity contribution in [1.29, 1.82) is 0 Å². The van der Waals surface area contributed by atoms with E-state index in [2.05, 4.69) is 0 Å². The summed E-state index contributed by atoms with van der Waals surface area (Å²) in [5.41, 5.74) is 4.85. The first kappa shape index (κ1) is 10.4. The number of aliphatic hydroxyl groups is 1. The highest BCUT2D eigenvalue weighted by Gasteiger charge is 2.33. The highest BCUT2D eigenvalue weighted by Crippen LogP contribution is 2.37. The predicted molar refractivity (Wildman–Crippen MR) is 54.1 cm³/mol. The Morgan fingerprint density at radius 2 is 2.33 bits per heavy atom. The zero-order valence-electron chi connectivity index (χ0n) is 8.37. The standard InChI is InChI=1S/C11H14FNO2/c12-9-4-1-3-8-10(9)15-6-2-5-11(8,14)7-13/h1,3-4,14H,2,5-7,13H2. The first-order chi connectivity index (χ1) is 7.17. The lowest BCUT2D eigenvalue weighted by Gasteiger charge is -2.25. The molecule has 0 aliphatic carbocycles. The van der Waals surface area contributed by atoms with E-state index in [1.54, 1.807) is 12.1 Å². The minimum atomic E-state index is -1.16. The van der Waals surface area contributed by atoms with E-state index in [4.69, 9.17) is 10.5 Å². The van der Waals surface area contributed by atoms with Crippen LogP contribution in [0.2, 0.25) is 0 Å². The van der Waals surface area contributed by atoms with Gasteiger partial charge in [-0.05, 0) is 18.9 Å². The zero-order valence-corrected chi connectivity index (χ0v) is 8.37. The summed E-state index contributed by atoms with van der Waals surface area (Å²) >= 11 is 0. The average molecular weight is 211 g/mol. The number of hydrogen-bond donors (Lipinski definition) is 2.